The lowest BCUT2D eigenvalue weighted by atomic mass is 9.57. The molecule has 2 saturated heterocycles. The van der Waals surface area contributed by atoms with Crippen LogP contribution >= 0.6 is 0 Å². The van der Waals surface area contributed by atoms with Gasteiger partial charge in [-0.05, 0) is 38.7 Å². The molecule has 1 saturated carbocycles. The van der Waals surface area contributed by atoms with Gasteiger partial charge in [-0.2, -0.15) is 0 Å². The van der Waals surface area contributed by atoms with Crippen LogP contribution in [0, 0.1) is 29.6 Å². The summed E-state index contributed by atoms with van der Waals surface area (Å²) in [6, 6.07) is 4.78. The molecule has 8 heteroatoms. The Morgan fingerprint density at radius 1 is 0.909 bits per heavy atom. The van der Waals surface area contributed by atoms with E-state index in [0.717, 1.165) is 5.57 Å². The number of fused-ring (bicyclic) bond motifs is 4. The standard InChI is InChI=1S/C25H28N2O6/c1-4-26-22(29)15-9-8-13-16(20(15)24(26)31)11-17-21(25(32)27(5-2)23(17)30)19(13)14-7-6-12(28)10-18(14)33-3/h6-8,10,15-17,19-21,28H,4-5,9,11H2,1-3H3. The highest BCUT2D eigenvalue weighted by molar-refractivity contribution is 6.08. The van der Waals surface area contributed by atoms with Gasteiger partial charge in [0.15, 0.2) is 0 Å². The summed E-state index contributed by atoms with van der Waals surface area (Å²) in [5.41, 5.74) is 1.64. The van der Waals surface area contributed by atoms with Gasteiger partial charge in [0.05, 0.1) is 30.8 Å². The second-order valence-corrected chi connectivity index (χ2v) is 9.29. The van der Waals surface area contributed by atoms with E-state index < -0.39 is 29.6 Å². The van der Waals surface area contributed by atoms with Gasteiger partial charge in [0.1, 0.15) is 11.5 Å². The van der Waals surface area contributed by atoms with Crippen molar-refractivity contribution in [1.29, 1.82) is 0 Å². The quantitative estimate of drug-likeness (QED) is 0.554. The van der Waals surface area contributed by atoms with Crippen LogP contribution in [-0.4, -0.2) is 58.7 Å². The molecule has 0 radical (unpaired) electrons. The van der Waals surface area contributed by atoms with Crippen LogP contribution in [0.1, 0.15) is 38.2 Å². The lowest BCUT2D eigenvalue weighted by molar-refractivity contribution is -0.141. The van der Waals surface area contributed by atoms with Crippen molar-refractivity contribution in [3.63, 3.8) is 0 Å². The lowest BCUT2D eigenvalue weighted by Gasteiger charge is -2.44. The molecule has 5 rings (SSSR count). The molecule has 6 atom stereocenters. The number of benzene rings is 1. The number of phenolic OH excluding ortho intramolecular Hbond substituents is 1. The van der Waals surface area contributed by atoms with Crippen LogP contribution in [0.15, 0.2) is 29.8 Å². The second kappa shape index (κ2) is 7.71. The Morgan fingerprint density at radius 2 is 1.55 bits per heavy atom. The third-order valence-corrected chi connectivity index (χ3v) is 8.02. The average molecular weight is 453 g/mol. The van der Waals surface area contributed by atoms with E-state index in [0.29, 0.717) is 37.2 Å². The second-order valence-electron chi connectivity index (χ2n) is 9.29. The first kappa shape index (κ1) is 21.7. The molecule has 0 aromatic heterocycles. The van der Waals surface area contributed by atoms with E-state index in [1.807, 2.05) is 6.08 Å². The van der Waals surface area contributed by atoms with Crippen LogP contribution in [0.2, 0.25) is 0 Å². The molecule has 2 aliphatic carbocycles. The predicted molar refractivity (Wildman–Crippen MR) is 117 cm³/mol. The van der Waals surface area contributed by atoms with E-state index in [1.165, 1.54) is 23.0 Å². The summed E-state index contributed by atoms with van der Waals surface area (Å²) in [5, 5.41) is 9.99. The maximum absolute atomic E-state index is 13.4. The minimum Gasteiger partial charge on any atom is -0.508 e. The van der Waals surface area contributed by atoms with Crippen molar-refractivity contribution in [1.82, 2.24) is 9.80 Å². The van der Waals surface area contributed by atoms with Crippen LogP contribution in [0.3, 0.4) is 0 Å². The number of hydrogen-bond donors (Lipinski definition) is 1. The Hall–Kier alpha value is -3.16. The first-order valence-electron chi connectivity index (χ1n) is 11.6. The van der Waals surface area contributed by atoms with Crippen LogP contribution in [0.4, 0.5) is 0 Å². The number of amides is 4. The minimum absolute atomic E-state index is 0.0383. The Balaban J connectivity index is 1.67. The van der Waals surface area contributed by atoms with Gasteiger partial charge in [-0.3, -0.25) is 29.0 Å². The molecule has 2 heterocycles. The molecule has 174 valence electrons. The van der Waals surface area contributed by atoms with Crippen LogP contribution in [-0.2, 0) is 19.2 Å². The van der Waals surface area contributed by atoms with E-state index in [4.69, 9.17) is 4.74 Å². The number of rotatable bonds is 4. The van der Waals surface area contributed by atoms with Crippen LogP contribution in [0.5, 0.6) is 11.5 Å². The fourth-order valence-electron chi connectivity index (χ4n) is 6.65. The molecule has 0 bridgehead atoms. The van der Waals surface area contributed by atoms with Crippen molar-refractivity contribution in [3.05, 3.63) is 35.4 Å². The highest BCUT2D eigenvalue weighted by Gasteiger charge is 2.61. The van der Waals surface area contributed by atoms with Crippen LogP contribution in [0.25, 0.3) is 0 Å². The molecule has 33 heavy (non-hydrogen) atoms. The third-order valence-electron chi connectivity index (χ3n) is 8.02. The number of carbonyl (C=O) groups excluding carboxylic acids is 4. The molecule has 4 amide bonds. The van der Waals surface area contributed by atoms with Crippen molar-refractivity contribution in [2.45, 2.75) is 32.6 Å². The maximum Gasteiger partial charge on any atom is 0.234 e. The van der Waals surface area contributed by atoms with Gasteiger partial charge >= 0.3 is 0 Å². The normalized spacial score (nSPS) is 33.1. The van der Waals surface area contributed by atoms with Crippen molar-refractivity contribution in [3.8, 4) is 11.5 Å². The molecule has 8 nitrogen and oxygen atoms in total. The number of aromatic hydroxyl groups is 1. The van der Waals surface area contributed by atoms with Crippen molar-refractivity contribution in [2.24, 2.45) is 29.6 Å². The number of nitrogens with zero attached hydrogens (tertiary/aromatic N) is 2. The van der Waals surface area contributed by atoms with E-state index in [9.17, 15) is 24.3 Å². The number of phenols is 1. The van der Waals surface area contributed by atoms with Crippen molar-refractivity contribution < 1.29 is 29.0 Å². The van der Waals surface area contributed by atoms with Crippen molar-refractivity contribution in [2.75, 3.05) is 20.2 Å². The largest absolute Gasteiger partial charge is 0.508 e. The van der Waals surface area contributed by atoms with Gasteiger partial charge in [0.25, 0.3) is 0 Å². The van der Waals surface area contributed by atoms with E-state index in [1.54, 1.807) is 26.0 Å². The lowest BCUT2D eigenvalue weighted by Crippen LogP contribution is -2.43. The highest BCUT2D eigenvalue weighted by atomic mass is 16.5. The van der Waals surface area contributed by atoms with Gasteiger partial charge in [0.2, 0.25) is 23.6 Å². The highest BCUT2D eigenvalue weighted by Crippen LogP contribution is 2.58. The summed E-state index contributed by atoms with van der Waals surface area (Å²) >= 11 is 0. The molecule has 6 unspecified atom stereocenters. The van der Waals surface area contributed by atoms with Gasteiger partial charge in [-0.15, -0.1) is 0 Å². The summed E-state index contributed by atoms with van der Waals surface area (Å²) in [4.78, 5) is 55.4. The molecular formula is C25H28N2O6. The zero-order valence-electron chi connectivity index (χ0n) is 19.0. The molecule has 3 fully saturated rings. The molecule has 0 spiro atoms. The maximum atomic E-state index is 13.4. The predicted octanol–water partition coefficient (Wildman–Crippen LogP) is 2.08. The topological polar surface area (TPSA) is 104 Å². The number of allylic oxidation sites excluding steroid dienone is 2. The Labute approximate surface area is 192 Å². The minimum atomic E-state index is -0.593. The van der Waals surface area contributed by atoms with E-state index >= 15 is 0 Å². The monoisotopic (exact) mass is 452 g/mol. The van der Waals surface area contributed by atoms with Crippen LogP contribution < -0.4 is 4.74 Å². The SMILES string of the molecule is CCN1C(=O)C2CC=C3C(CC4C(=O)N(CC)C(=O)C4C3c3ccc(O)cc3OC)C2C1=O. The smallest absolute Gasteiger partial charge is 0.234 e. The number of ether oxygens (including phenoxy) is 1. The van der Waals surface area contributed by atoms with E-state index in [2.05, 4.69) is 0 Å². The molecular weight excluding hydrogens is 424 g/mol. The van der Waals surface area contributed by atoms with Gasteiger partial charge in [0, 0.05) is 30.6 Å². The zero-order valence-corrected chi connectivity index (χ0v) is 19.0. The zero-order chi connectivity index (χ0) is 23.6. The number of carbonyl (C=O) groups is 4. The molecule has 1 N–H and O–H groups in total. The Bertz CT molecular complexity index is 1090. The Morgan fingerprint density at radius 3 is 2.18 bits per heavy atom. The van der Waals surface area contributed by atoms with Gasteiger partial charge in [-0.1, -0.05) is 17.7 Å². The fourth-order valence-corrected chi connectivity index (χ4v) is 6.65. The Kier molecular flexibility index (Phi) is 5.06. The number of likely N-dealkylation sites (tertiary alicyclic amines) is 2. The summed E-state index contributed by atoms with van der Waals surface area (Å²) in [6.07, 6.45) is 2.83. The average Bonchev–Trinajstić information content (AvgIpc) is 3.21. The summed E-state index contributed by atoms with van der Waals surface area (Å²) < 4.78 is 5.56. The molecule has 4 aliphatic rings. The fraction of sp³-hybridized carbons (Fsp3) is 0.520. The van der Waals surface area contributed by atoms with E-state index in [-0.39, 0.29) is 35.3 Å². The third kappa shape index (κ3) is 2.89. The summed E-state index contributed by atoms with van der Waals surface area (Å²) in [5.74, 6) is -3.11. The number of hydrogen-bond acceptors (Lipinski definition) is 6. The first-order valence-corrected chi connectivity index (χ1v) is 11.6. The number of imide groups is 2. The molecule has 2 aliphatic heterocycles. The molecule has 1 aromatic rings. The first-order chi connectivity index (χ1) is 15.8. The van der Waals surface area contributed by atoms with Crippen molar-refractivity contribution >= 4 is 23.6 Å². The van der Waals surface area contributed by atoms with Gasteiger partial charge in [-0.25, -0.2) is 0 Å². The summed E-state index contributed by atoms with van der Waals surface area (Å²) in [7, 11) is 1.50. The van der Waals surface area contributed by atoms with Gasteiger partial charge < -0.3 is 9.84 Å². The number of methoxy groups -OCH3 is 1. The summed E-state index contributed by atoms with van der Waals surface area (Å²) in [6.45, 7) is 4.20. The molecule has 1 aromatic carbocycles.